The van der Waals surface area contributed by atoms with Crippen LogP contribution < -0.4 is 10.9 Å². The average Bonchev–Trinajstić information content (AvgIpc) is 2.45. The number of aryl methyl sites for hydroxylation is 1. The predicted molar refractivity (Wildman–Crippen MR) is 77.6 cm³/mol. The van der Waals surface area contributed by atoms with E-state index in [1.807, 2.05) is 19.1 Å². The number of halogens is 1. The molecule has 2 rings (SSSR count). The van der Waals surface area contributed by atoms with Gasteiger partial charge in [0.15, 0.2) is 0 Å². The highest BCUT2D eigenvalue weighted by molar-refractivity contribution is 6.33. The zero-order valence-corrected chi connectivity index (χ0v) is 11.6. The highest BCUT2D eigenvalue weighted by Crippen LogP contribution is 2.14. The van der Waals surface area contributed by atoms with E-state index in [1.165, 1.54) is 0 Å². The van der Waals surface area contributed by atoms with Crippen molar-refractivity contribution in [1.82, 2.24) is 10.9 Å². The van der Waals surface area contributed by atoms with Gasteiger partial charge in [-0.2, -0.15) is 0 Å². The van der Waals surface area contributed by atoms with Crippen molar-refractivity contribution in [2.45, 2.75) is 6.92 Å². The fourth-order valence-electron chi connectivity index (χ4n) is 1.72. The van der Waals surface area contributed by atoms with Crippen LogP contribution in [0.1, 0.15) is 26.3 Å². The van der Waals surface area contributed by atoms with Crippen LogP contribution >= 0.6 is 11.6 Å². The third kappa shape index (κ3) is 3.16. The minimum Gasteiger partial charge on any atom is -0.267 e. The van der Waals surface area contributed by atoms with Gasteiger partial charge in [0.25, 0.3) is 11.8 Å². The largest absolute Gasteiger partial charge is 0.271 e. The second-order valence-corrected chi connectivity index (χ2v) is 4.61. The van der Waals surface area contributed by atoms with Crippen molar-refractivity contribution >= 4 is 23.4 Å². The van der Waals surface area contributed by atoms with Crippen molar-refractivity contribution < 1.29 is 9.59 Å². The lowest BCUT2D eigenvalue weighted by Gasteiger charge is -2.09. The van der Waals surface area contributed by atoms with Crippen LogP contribution in [0.4, 0.5) is 0 Å². The first-order valence-corrected chi connectivity index (χ1v) is 6.38. The summed E-state index contributed by atoms with van der Waals surface area (Å²) >= 11 is 5.90. The lowest BCUT2D eigenvalue weighted by Crippen LogP contribution is -2.41. The summed E-state index contributed by atoms with van der Waals surface area (Å²) in [6.07, 6.45) is 0. The third-order valence-electron chi connectivity index (χ3n) is 2.80. The van der Waals surface area contributed by atoms with Gasteiger partial charge in [-0.1, -0.05) is 41.9 Å². The summed E-state index contributed by atoms with van der Waals surface area (Å²) in [5, 5.41) is 0.329. The minimum atomic E-state index is -0.461. The molecule has 0 saturated heterocycles. The molecule has 102 valence electrons. The molecule has 4 nitrogen and oxygen atoms in total. The molecule has 0 aliphatic heterocycles. The van der Waals surface area contributed by atoms with E-state index in [1.54, 1.807) is 36.4 Å². The molecule has 0 fully saturated rings. The number of carbonyl (C=O) groups is 2. The highest BCUT2D eigenvalue weighted by Gasteiger charge is 2.12. The van der Waals surface area contributed by atoms with Crippen molar-refractivity contribution in [3.63, 3.8) is 0 Å². The van der Waals surface area contributed by atoms with Crippen LogP contribution in [0.5, 0.6) is 0 Å². The maximum absolute atomic E-state index is 11.9. The molecule has 5 heteroatoms. The molecule has 2 aromatic carbocycles. The fourth-order valence-corrected chi connectivity index (χ4v) is 1.94. The fraction of sp³-hybridized carbons (Fsp3) is 0.0667. The Kier molecular flexibility index (Phi) is 4.38. The van der Waals surface area contributed by atoms with Gasteiger partial charge in [0.05, 0.1) is 10.6 Å². The van der Waals surface area contributed by atoms with Crippen molar-refractivity contribution in [2.24, 2.45) is 0 Å². The van der Waals surface area contributed by atoms with Gasteiger partial charge in [-0.25, -0.2) is 0 Å². The molecule has 0 aromatic heterocycles. The van der Waals surface area contributed by atoms with Crippen LogP contribution in [0.2, 0.25) is 5.02 Å². The molecule has 0 heterocycles. The summed E-state index contributed by atoms with van der Waals surface area (Å²) in [7, 11) is 0. The zero-order valence-electron chi connectivity index (χ0n) is 10.8. The molecule has 2 aromatic rings. The van der Waals surface area contributed by atoms with Crippen LogP contribution in [0.3, 0.4) is 0 Å². The summed E-state index contributed by atoms with van der Waals surface area (Å²) in [6.45, 7) is 1.82. The molecule has 0 bridgehead atoms. The second kappa shape index (κ2) is 6.21. The zero-order chi connectivity index (χ0) is 14.5. The van der Waals surface area contributed by atoms with Crippen molar-refractivity contribution in [1.29, 1.82) is 0 Å². The molecule has 0 radical (unpaired) electrons. The van der Waals surface area contributed by atoms with E-state index in [9.17, 15) is 9.59 Å². The average molecular weight is 289 g/mol. The molecule has 0 unspecified atom stereocenters. The van der Waals surface area contributed by atoms with Crippen LogP contribution in [-0.4, -0.2) is 11.8 Å². The standard InChI is InChI=1S/C15H13ClN2O2/c1-10-6-2-3-7-11(10)14(19)17-18-15(20)12-8-4-5-9-13(12)16/h2-9H,1H3,(H,17,19)(H,18,20). The molecule has 0 aliphatic carbocycles. The number of amides is 2. The summed E-state index contributed by atoms with van der Waals surface area (Å²) in [5.41, 5.74) is 6.35. The Labute approximate surface area is 121 Å². The predicted octanol–water partition coefficient (Wildman–Crippen LogP) is 2.72. The number of carbonyl (C=O) groups excluding carboxylic acids is 2. The van der Waals surface area contributed by atoms with Gasteiger partial charge in [0.1, 0.15) is 0 Å². The van der Waals surface area contributed by atoms with Gasteiger partial charge in [-0.05, 0) is 30.7 Å². The minimum absolute atomic E-state index is 0.305. The number of benzene rings is 2. The molecule has 2 N–H and O–H groups in total. The van der Waals surface area contributed by atoms with Crippen LogP contribution in [0, 0.1) is 6.92 Å². The Bertz CT molecular complexity index is 598. The Morgan fingerprint density at radius 2 is 1.35 bits per heavy atom. The monoisotopic (exact) mass is 288 g/mol. The second-order valence-electron chi connectivity index (χ2n) is 4.20. The van der Waals surface area contributed by atoms with E-state index in [-0.39, 0.29) is 5.91 Å². The summed E-state index contributed by atoms with van der Waals surface area (Å²) in [4.78, 5) is 23.8. The van der Waals surface area contributed by atoms with Gasteiger partial charge in [0, 0.05) is 5.56 Å². The van der Waals surface area contributed by atoms with Gasteiger partial charge in [-0.3, -0.25) is 20.4 Å². The van der Waals surface area contributed by atoms with E-state index in [2.05, 4.69) is 10.9 Å². The van der Waals surface area contributed by atoms with Crippen molar-refractivity contribution in [3.05, 3.63) is 70.2 Å². The SMILES string of the molecule is Cc1ccccc1C(=O)NNC(=O)c1ccccc1Cl. The van der Waals surface area contributed by atoms with Gasteiger partial charge >= 0.3 is 0 Å². The molecular weight excluding hydrogens is 276 g/mol. The molecule has 0 aliphatic rings. The normalized spacial score (nSPS) is 9.90. The lowest BCUT2D eigenvalue weighted by molar-refractivity contribution is 0.0846. The maximum atomic E-state index is 11.9. The summed E-state index contributed by atoms with van der Waals surface area (Å²) in [6, 6.07) is 13.7. The van der Waals surface area contributed by atoms with Crippen LogP contribution in [-0.2, 0) is 0 Å². The topological polar surface area (TPSA) is 58.2 Å². The van der Waals surface area contributed by atoms with Crippen molar-refractivity contribution in [3.8, 4) is 0 Å². The van der Waals surface area contributed by atoms with E-state index in [0.717, 1.165) is 5.56 Å². The van der Waals surface area contributed by atoms with Crippen LogP contribution in [0.15, 0.2) is 48.5 Å². The van der Waals surface area contributed by atoms with E-state index >= 15 is 0 Å². The number of rotatable bonds is 2. The van der Waals surface area contributed by atoms with E-state index in [0.29, 0.717) is 16.1 Å². The Morgan fingerprint density at radius 3 is 1.95 bits per heavy atom. The highest BCUT2D eigenvalue weighted by atomic mass is 35.5. The van der Waals surface area contributed by atoms with E-state index < -0.39 is 5.91 Å². The first kappa shape index (κ1) is 14.1. The van der Waals surface area contributed by atoms with Gasteiger partial charge < -0.3 is 0 Å². The molecule has 0 atom stereocenters. The summed E-state index contributed by atoms with van der Waals surface area (Å²) < 4.78 is 0. The number of nitrogens with one attached hydrogen (secondary N) is 2. The summed E-state index contributed by atoms with van der Waals surface area (Å²) in [5.74, 6) is -0.832. The Balaban J connectivity index is 2.03. The maximum Gasteiger partial charge on any atom is 0.271 e. The molecule has 0 saturated carbocycles. The first-order valence-electron chi connectivity index (χ1n) is 6.00. The Morgan fingerprint density at radius 1 is 0.850 bits per heavy atom. The molecule has 20 heavy (non-hydrogen) atoms. The van der Waals surface area contributed by atoms with Gasteiger partial charge in [-0.15, -0.1) is 0 Å². The first-order chi connectivity index (χ1) is 9.59. The molecule has 2 amide bonds. The van der Waals surface area contributed by atoms with Crippen molar-refractivity contribution in [2.75, 3.05) is 0 Å². The smallest absolute Gasteiger partial charge is 0.267 e. The lowest BCUT2D eigenvalue weighted by atomic mass is 10.1. The number of hydrogen-bond acceptors (Lipinski definition) is 2. The number of hydrogen-bond donors (Lipinski definition) is 2. The third-order valence-corrected chi connectivity index (χ3v) is 3.13. The molecular formula is C15H13ClN2O2. The van der Waals surface area contributed by atoms with E-state index in [4.69, 9.17) is 11.6 Å². The molecule has 0 spiro atoms. The van der Waals surface area contributed by atoms with Gasteiger partial charge in [0.2, 0.25) is 0 Å². The number of hydrazine groups is 1. The quantitative estimate of drug-likeness (QED) is 0.835. The Hall–Kier alpha value is -2.33. The van der Waals surface area contributed by atoms with Crippen LogP contribution in [0.25, 0.3) is 0 Å².